The maximum Gasteiger partial charge on any atom is 0.193 e. The number of nitrogens with one attached hydrogen (secondary N) is 1. The highest BCUT2D eigenvalue weighted by Gasteiger charge is 2.43. The fourth-order valence-electron chi connectivity index (χ4n) is 4.02. The summed E-state index contributed by atoms with van der Waals surface area (Å²) in [5, 5.41) is 3.20. The molecule has 2 saturated carbocycles. The lowest BCUT2D eigenvalue weighted by molar-refractivity contribution is 0.297. The lowest BCUT2D eigenvalue weighted by atomic mass is 9.85. The minimum absolute atomic E-state index is 0. The molecule has 0 saturated heterocycles. The number of aliphatic imine (C=N–C) groups is 1. The molecule has 25 heavy (non-hydrogen) atoms. The van der Waals surface area contributed by atoms with Crippen LogP contribution in [0.2, 0.25) is 0 Å². The number of nitrogens with two attached hydrogens (primary N) is 1. The highest BCUT2D eigenvalue weighted by molar-refractivity contribution is 14.0. The summed E-state index contributed by atoms with van der Waals surface area (Å²) < 4.78 is 11.4. The Hall–Kier alpha value is -1.18. The number of benzene rings is 1. The van der Waals surface area contributed by atoms with Crippen LogP contribution in [-0.2, 0) is 0 Å². The molecule has 0 amide bonds. The molecule has 2 atom stereocenters. The molecule has 2 aliphatic carbocycles. The summed E-state index contributed by atoms with van der Waals surface area (Å²) in [5.41, 5.74) is 7.01. The monoisotopic (exact) mass is 457 g/mol. The van der Waals surface area contributed by atoms with Gasteiger partial charge in [0.2, 0.25) is 0 Å². The van der Waals surface area contributed by atoms with Gasteiger partial charge in [0.1, 0.15) is 0 Å². The first-order valence-corrected chi connectivity index (χ1v) is 9.29. The quantitative estimate of drug-likeness (QED) is 0.407. The molecular formula is C19H28IN3O2. The van der Waals surface area contributed by atoms with Crippen LogP contribution in [0.15, 0.2) is 23.2 Å². The zero-order chi connectivity index (χ0) is 16.4. The molecule has 0 spiro atoms. The van der Waals surface area contributed by atoms with E-state index in [-0.39, 0.29) is 24.0 Å². The average Bonchev–Trinajstić information content (AvgIpc) is 3.38. The summed E-state index contributed by atoms with van der Waals surface area (Å²) in [6.07, 6.45) is 9.06. The zero-order valence-corrected chi connectivity index (χ0v) is 16.9. The van der Waals surface area contributed by atoms with Gasteiger partial charge in [0.05, 0.1) is 19.3 Å². The molecule has 1 aliphatic heterocycles. The minimum Gasteiger partial charge on any atom is -0.490 e. The van der Waals surface area contributed by atoms with Crippen LogP contribution in [0.1, 0.15) is 44.9 Å². The molecule has 1 aromatic carbocycles. The van der Waals surface area contributed by atoms with Crippen molar-refractivity contribution >= 4 is 35.6 Å². The van der Waals surface area contributed by atoms with Crippen LogP contribution in [0.3, 0.4) is 0 Å². The van der Waals surface area contributed by atoms with Crippen LogP contribution >= 0.6 is 24.0 Å². The Morgan fingerprint density at radius 2 is 1.80 bits per heavy atom. The van der Waals surface area contributed by atoms with Gasteiger partial charge in [-0.05, 0) is 30.4 Å². The molecule has 0 radical (unpaired) electrons. The fraction of sp³-hybridized carbons (Fsp3) is 0.632. The largest absolute Gasteiger partial charge is 0.490 e. The number of rotatable bonds is 3. The Labute approximate surface area is 166 Å². The van der Waals surface area contributed by atoms with E-state index in [1.807, 2.05) is 18.2 Å². The third-order valence-electron chi connectivity index (χ3n) is 5.38. The van der Waals surface area contributed by atoms with Crippen LogP contribution in [0, 0.1) is 11.8 Å². The zero-order valence-electron chi connectivity index (χ0n) is 14.6. The topological polar surface area (TPSA) is 68.9 Å². The van der Waals surface area contributed by atoms with Gasteiger partial charge >= 0.3 is 0 Å². The van der Waals surface area contributed by atoms with Gasteiger partial charge in [0.15, 0.2) is 17.5 Å². The lowest BCUT2D eigenvalue weighted by Crippen LogP contribution is -2.23. The highest BCUT2D eigenvalue weighted by atomic mass is 127. The molecule has 1 aromatic rings. The van der Waals surface area contributed by atoms with E-state index in [9.17, 15) is 0 Å². The number of nitrogens with zero attached hydrogens (tertiary/aromatic N) is 1. The molecule has 4 rings (SSSR count). The van der Waals surface area contributed by atoms with Crippen molar-refractivity contribution in [2.75, 3.05) is 18.5 Å². The summed E-state index contributed by atoms with van der Waals surface area (Å²) >= 11 is 0. The molecule has 3 N–H and O–H groups in total. The van der Waals surface area contributed by atoms with E-state index >= 15 is 0 Å². The number of anilines is 1. The highest BCUT2D eigenvalue weighted by Crippen LogP contribution is 2.46. The van der Waals surface area contributed by atoms with E-state index in [4.69, 9.17) is 15.2 Å². The average molecular weight is 457 g/mol. The van der Waals surface area contributed by atoms with Gasteiger partial charge in [-0.3, -0.25) is 0 Å². The first-order valence-electron chi connectivity index (χ1n) is 9.29. The second-order valence-electron chi connectivity index (χ2n) is 7.22. The van der Waals surface area contributed by atoms with E-state index in [0.717, 1.165) is 35.4 Å². The van der Waals surface area contributed by atoms with Gasteiger partial charge in [0, 0.05) is 18.2 Å². The van der Waals surface area contributed by atoms with Gasteiger partial charge in [-0.25, -0.2) is 4.99 Å². The Bertz CT molecular complexity index is 617. The fourth-order valence-corrected chi connectivity index (χ4v) is 4.02. The van der Waals surface area contributed by atoms with Crippen LogP contribution in [0.5, 0.6) is 11.5 Å². The molecule has 138 valence electrons. The smallest absolute Gasteiger partial charge is 0.193 e. The number of guanidine groups is 1. The second-order valence-corrected chi connectivity index (χ2v) is 7.22. The molecule has 6 heteroatoms. The number of fused-ring (bicyclic) bond motifs is 1. The van der Waals surface area contributed by atoms with E-state index < -0.39 is 0 Å². The second kappa shape index (κ2) is 8.47. The van der Waals surface area contributed by atoms with Crippen LogP contribution in [-0.4, -0.2) is 25.2 Å². The molecule has 2 fully saturated rings. The summed E-state index contributed by atoms with van der Waals surface area (Å²) in [4.78, 5) is 4.68. The van der Waals surface area contributed by atoms with Crippen molar-refractivity contribution in [3.63, 3.8) is 0 Å². The minimum atomic E-state index is 0. The van der Waals surface area contributed by atoms with Crippen molar-refractivity contribution in [1.82, 2.24) is 0 Å². The van der Waals surface area contributed by atoms with E-state index in [0.29, 0.717) is 25.2 Å². The summed E-state index contributed by atoms with van der Waals surface area (Å²) in [7, 11) is 0. The van der Waals surface area contributed by atoms with Gasteiger partial charge in [-0.2, -0.15) is 0 Å². The number of halogens is 1. The first-order chi connectivity index (χ1) is 11.8. The maximum atomic E-state index is 6.11. The standard InChI is InChI=1S/C19H27N3O2.HI/c20-19(22-16-12-15(16)13-5-2-1-3-6-13)21-14-7-8-17-18(11-14)24-10-4-9-23-17;/h7-8,11,13,15-16H,1-6,9-10,12H2,(H3,20,21,22);1H. The predicted octanol–water partition coefficient (Wildman–Crippen LogP) is 4.16. The van der Waals surface area contributed by atoms with Gasteiger partial charge in [-0.15, -0.1) is 24.0 Å². The third-order valence-corrected chi connectivity index (χ3v) is 5.38. The number of hydrogen-bond acceptors (Lipinski definition) is 3. The molecule has 5 nitrogen and oxygen atoms in total. The SMILES string of the molecule is I.NC(=NC1CC1C1CCCCC1)Nc1ccc2c(c1)OCCCO2. The van der Waals surface area contributed by atoms with E-state index in [1.54, 1.807) is 0 Å². The number of hydrogen-bond donors (Lipinski definition) is 2. The van der Waals surface area contributed by atoms with Crippen LogP contribution in [0.25, 0.3) is 0 Å². The van der Waals surface area contributed by atoms with E-state index in [1.165, 1.54) is 38.5 Å². The van der Waals surface area contributed by atoms with Gasteiger partial charge in [-0.1, -0.05) is 32.1 Å². The van der Waals surface area contributed by atoms with Crippen LogP contribution in [0.4, 0.5) is 5.69 Å². The van der Waals surface area contributed by atoms with Crippen LogP contribution < -0.4 is 20.5 Å². The molecule has 1 heterocycles. The van der Waals surface area contributed by atoms with E-state index in [2.05, 4.69) is 10.3 Å². The summed E-state index contributed by atoms with van der Waals surface area (Å²) in [6, 6.07) is 6.25. The Morgan fingerprint density at radius 1 is 1.04 bits per heavy atom. The molecule has 2 unspecified atom stereocenters. The summed E-state index contributed by atoms with van der Waals surface area (Å²) in [6.45, 7) is 1.39. The Kier molecular flexibility index (Phi) is 6.30. The molecule has 0 bridgehead atoms. The molecule has 3 aliphatic rings. The van der Waals surface area contributed by atoms with Crippen molar-refractivity contribution < 1.29 is 9.47 Å². The predicted molar refractivity (Wildman–Crippen MR) is 111 cm³/mol. The first kappa shape index (κ1) is 18.6. The Balaban J connectivity index is 0.00000182. The lowest BCUT2D eigenvalue weighted by Gasteiger charge is -2.21. The molecule has 0 aromatic heterocycles. The van der Waals surface area contributed by atoms with Crippen molar-refractivity contribution in [3.8, 4) is 11.5 Å². The molecular weight excluding hydrogens is 429 g/mol. The number of ether oxygens (including phenoxy) is 2. The van der Waals surface area contributed by atoms with Gasteiger partial charge < -0.3 is 20.5 Å². The van der Waals surface area contributed by atoms with Crippen molar-refractivity contribution in [2.45, 2.75) is 51.0 Å². The normalized spacial score (nSPS) is 26.3. The van der Waals surface area contributed by atoms with Crippen molar-refractivity contribution in [2.24, 2.45) is 22.6 Å². The summed E-state index contributed by atoms with van der Waals surface area (Å²) in [5.74, 6) is 3.71. The van der Waals surface area contributed by atoms with Crippen molar-refractivity contribution in [1.29, 1.82) is 0 Å². The van der Waals surface area contributed by atoms with Gasteiger partial charge in [0.25, 0.3) is 0 Å². The third kappa shape index (κ3) is 4.71. The Morgan fingerprint density at radius 3 is 2.60 bits per heavy atom. The van der Waals surface area contributed by atoms with Crippen molar-refractivity contribution in [3.05, 3.63) is 18.2 Å². The maximum absolute atomic E-state index is 6.11.